The molecule has 0 aromatic heterocycles. The van der Waals surface area contributed by atoms with Gasteiger partial charge in [-0.15, -0.1) is 0 Å². The maximum absolute atomic E-state index is 11.3. The molecule has 0 amide bonds. The highest BCUT2D eigenvalue weighted by Gasteiger charge is 2.07. The first-order valence-corrected chi connectivity index (χ1v) is 10.3. The summed E-state index contributed by atoms with van der Waals surface area (Å²) in [6, 6.07) is 14.8. The number of benzene rings is 2. The van der Waals surface area contributed by atoms with Crippen molar-refractivity contribution in [3.63, 3.8) is 0 Å². The Morgan fingerprint density at radius 2 is 1.92 bits per heavy atom. The molecule has 2 rings (SSSR count). The smallest absolute Gasteiger partial charge is 0.229 e. The summed E-state index contributed by atoms with van der Waals surface area (Å²) in [6.45, 7) is 3.42. The zero-order valence-electron chi connectivity index (χ0n) is 14.3. The van der Waals surface area contributed by atoms with Gasteiger partial charge < -0.3 is 10.1 Å². The van der Waals surface area contributed by atoms with Crippen molar-refractivity contribution in [1.29, 1.82) is 0 Å². The van der Waals surface area contributed by atoms with Gasteiger partial charge in [0.15, 0.2) is 0 Å². The highest BCUT2D eigenvalue weighted by Crippen LogP contribution is 2.19. The van der Waals surface area contributed by atoms with Gasteiger partial charge in [0.25, 0.3) is 0 Å². The van der Waals surface area contributed by atoms with Crippen LogP contribution in [0.5, 0.6) is 5.75 Å². The van der Waals surface area contributed by atoms with E-state index in [1.165, 1.54) is 0 Å². The third kappa shape index (κ3) is 7.34. The molecule has 0 unspecified atom stereocenters. The molecule has 2 aromatic carbocycles. The summed E-state index contributed by atoms with van der Waals surface area (Å²) in [5.74, 6) is 0.764. The summed E-state index contributed by atoms with van der Waals surface area (Å²) in [5, 5.41) is 4.06. The van der Waals surface area contributed by atoms with E-state index >= 15 is 0 Å². The quantitative estimate of drug-likeness (QED) is 0.647. The fourth-order valence-electron chi connectivity index (χ4n) is 2.34. The zero-order chi connectivity index (χ0) is 18.3. The summed E-state index contributed by atoms with van der Waals surface area (Å²) in [5.41, 5.74) is 1.59. The Balaban J connectivity index is 1.76. The van der Waals surface area contributed by atoms with Crippen LogP contribution in [0.4, 0.5) is 5.69 Å². The third-order valence-corrected chi connectivity index (χ3v) is 4.37. The molecule has 0 radical (unpaired) electrons. The number of hydrogen-bond acceptors (Lipinski definition) is 4. The first kappa shape index (κ1) is 19.6. The summed E-state index contributed by atoms with van der Waals surface area (Å²) in [7, 11) is -3.27. The van der Waals surface area contributed by atoms with Crippen molar-refractivity contribution in [1.82, 2.24) is 5.32 Å². The molecular weight excluding hydrogens is 360 g/mol. The molecule has 1 atom stereocenters. The fraction of sp³-hybridized carbons (Fsp3) is 0.333. The van der Waals surface area contributed by atoms with Gasteiger partial charge in [-0.05, 0) is 55.8 Å². The molecular formula is C18H23ClN2O3S. The maximum atomic E-state index is 11.3. The molecule has 2 N–H and O–H groups in total. The minimum Gasteiger partial charge on any atom is -0.493 e. The van der Waals surface area contributed by atoms with E-state index in [4.69, 9.17) is 16.3 Å². The van der Waals surface area contributed by atoms with Crippen LogP contribution in [0.2, 0.25) is 5.02 Å². The monoisotopic (exact) mass is 382 g/mol. The average Bonchev–Trinajstić information content (AvgIpc) is 2.53. The normalized spacial score (nSPS) is 12.6. The van der Waals surface area contributed by atoms with E-state index in [-0.39, 0.29) is 6.04 Å². The van der Waals surface area contributed by atoms with E-state index in [1.807, 2.05) is 43.3 Å². The molecule has 0 heterocycles. The molecule has 0 aliphatic rings. The van der Waals surface area contributed by atoms with Gasteiger partial charge in [-0.2, -0.15) is 0 Å². The van der Waals surface area contributed by atoms with Gasteiger partial charge in [0.2, 0.25) is 10.0 Å². The SMILES string of the molecule is C[C@H](NCCCOc1cccc(Cl)c1)c1cccc(NS(C)(=O)=O)c1. The van der Waals surface area contributed by atoms with Crippen LogP contribution in [0.15, 0.2) is 48.5 Å². The summed E-state index contributed by atoms with van der Waals surface area (Å²) in [4.78, 5) is 0. The van der Waals surface area contributed by atoms with E-state index in [1.54, 1.807) is 12.1 Å². The van der Waals surface area contributed by atoms with Crippen LogP contribution >= 0.6 is 11.6 Å². The lowest BCUT2D eigenvalue weighted by molar-refractivity contribution is 0.305. The highest BCUT2D eigenvalue weighted by molar-refractivity contribution is 7.92. The molecule has 5 nitrogen and oxygen atoms in total. The number of sulfonamides is 1. The summed E-state index contributed by atoms with van der Waals surface area (Å²) in [6.07, 6.45) is 1.99. The second-order valence-electron chi connectivity index (χ2n) is 5.83. The molecule has 136 valence electrons. The molecule has 2 aromatic rings. The van der Waals surface area contributed by atoms with Crippen LogP contribution in [0, 0.1) is 0 Å². The van der Waals surface area contributed by atoms with E-state index in [9.17, 15) is 8.42 Å². The largest absolute Gasteiger partial charge is 0.493 e. The van der Waals surface area contributed by atoms with Crippen molar-refractivity contribution in [2.75, 3.05) is 24.1 Å². The molecule has 7 heteroatoms. The molecule has 0 saturated heterocycles. The summed E-state index contributed by atoms with van der Waals surface area (Å²) < 4.78 is 30.8. The van der Waals surface area contributed by atoms with E-state index < -0.39 is 10.0 Å². The molecule has 0 spiro atoms. The first-order valence-electron chi connectivity index (χ1n) is 8.03. The van der Waals surface area contributed by atoms with E-state index in [2.05, 4.69) is 10.0 Å². The second-order valence-corrected chi connectivity index (χ2v) is 8.02. The number of hydrogen-bond donors (Lipinski definition) is 2. The fourth-order valence-corrected chi connectivity index (χ4v) is 3.08. The predicted octanol–water partition coefficient (Wildman–Crippen LogP) is 3.83. The Labute approximate surface area is 154 Å². The minimum atomic E-state index is -3.27. The lowest BCUT2D eigenvalue weighted by Crippen LogP contribution is -2.21. The molecule has 0 bridgehead atoms. The van der Waals surface area contributed by atoms with Crippen molar-refractivity contribution in [2.45, 2.75) is 19.4 Å². The van der Waals surface area contributed by atoms with Gasteiger partial charge in [0, 0.05) is 16.8 Å². The highest BCUT2D eigenvalue weighted by atomic mass is 35.5. The van der Waals surface area contributed by atoms with Crippen molar-refractivity contribution >= 4 is 27.3 Å². The number of anilines is 1. The maximum Gasteiger partial charge on any atom is 0.229 e. The second kappa shape index (κ2) is 9.08. The number of halogens is 1. The van der Waals surface area contributed by atoms with Crippen LogP contribution in [-0.4, -0.2) is 27.8 Å². The molecule has 0 fully saturated rings. The predicted molar refractivity (Wildman–Crippen MR) is 103 cm³/mol. The number of rotatable bonds is 9. The Morgan fingerprint density at radius 3 is 2.64 bits per heavy atom. The molecule has 0 saturated carbocycles. The van der Waals surface area contributed by atoms with Gasteiger partial charge in [0.1, 0.15) is 5.75 Å². The standard InChI is InChI=1S/C18H23ClN2O3S/c1-14(15-6-3-8-17(12-15)21-25(2,22)23)20-10-5-11-24-18-9-4-7-16(19)13-18/h3-4,6-9,12-14,20-21H,5,10-11H2,1-2H3/t14-/m0/s1. The lowest BCUT2D eigenvalue weighted by Gasteiger charge is -2.16. The van der Waals surface area contributed by atoms with Crippen LogP contribution in [-0.2, 0) is 10.0 Å². The Morgan fingerprint density at radius 1 is 1.16 bits per heavy atom. The number of nitrogens with one attached hydrogen (secondary N) is 2. The van der Waals surface area contributed by atoms with Crippen LogP contribution < -0.4 is 14.8 Å². The van der Waals surface area contributed by atoms with Crippen molar-refractivity contribution in [2.24, 2.45) is 0 Å². The molecule has 0 aliphatic heterocycles. The molecule has 0 aliphatic carbocycles. The Hall–Kier alpha value is -1.76. The van der Waals surface area contributed by atoms with Gasteiger partial charge in [0.05, 0.1) is 12.9 Å². The van der Waals surface area contributed by atoms with Crippen molar-refractivity contribution in [3.05, 3.63) is 59.1 Å². The minimum absolute atomic E-state index is 0.104. The topological polar surface area (TPSA) is 67.4 Å². The zero-order valence-corrected chi connectivity index (χ0v) is 15.9. The van der Waals surface area contributed by atoms with Gasteiger partial charge >= 0.3 is 0 Å². The van der Waals surface area contributed by atoms with Crippen LogP contribution in [0.3, 0.4) is 0 Å². The van der Waals surface area contributed by atoms with Crippen molar-refractivity contribution in [3.8, 4) is 5.75 Å². The van der Waals surface area contributed by atoms with E-state index in [0.29, 0.717) is 17.3 Å². The van der Waals surface area contributed by atoms with Gasteiger partial charge in [-0.1, -0.05) is 29.8 Å². The van der Waals surface area contributed by atoms with Gasteiger partial charge in [-0.25, -0.2) is 8.42 Å². The van der Waals surface area contributed by atoms with E-state index in [0.717, 1.165) is 30.5 Å². The van der Waals surface area contributed by atoms with Gasteiger partial charge in [-0.3, -0.25) is 4.72 Å². The summed E-state index contributed by atoms with van der Waals surface area (Å²) >= 11 is 5.91. The van der Waals surface area contributed by atoms with Crippen LogP contribution in [0.1, 0.15) is 24.9 Å². The van der Waals surface area contributed by atoms with Crippen LogP contribution in [0.25, 0.3) is 0 Å². The Kier molecular flexibility index (Phi) is 7.11. The number of ether oxygens (including phenoxy) is 1. The lowest BCUT2D eigenvalue weighted by atomic mass is 10.1. The average molecular weight is 383 g/mol. The first-order chi connectivity index (χ1) is 11.8. The van der Waals surface area contributed by atoms with Crippen molar-refractivity contribution < 1.29 is 13.2 Å². The third-order valence-electron chi connectivity index (χ3n) is 3.53. The Bertz CT molecular complexity index is 796. The molecule has 25 heavy (non-hydrogen) atoms.